The number of rotatable bonds is 9. The maximum Gasteiger partial charge on any atom is 0.247 e. The summed E-state index contributed by atoms with van der Waals surface area (Å²) in [6, 6.07) is 7.08. The van der Waals surface area contributed by atoms with E-state index in [4.69, 9.17) is 32.7 Å². The topological polar surface area (TPSA) is 125 Å². The van der Waals surface area contributed by atoms with E-state index >= 15 is 0 Å². The number of hydrogen-bond donors (Lipinski definition) is 3. The monoisotopic (exact) mass is 562 g/mol. The lowest BCUT2D eigenvalue weighted by molar-refractivity contribution is -0.137. The molecule has 1 heterocycles. The molecule has 0 fully saturated rings. The van der Waals surface area contributed by atoms with Crippen LogP contribution in [0.15, 0.2) is 42.0 Å². The van der Waals surface area contributed by atoms with E-state index < -0.39 is 30.1 Å². The Hall–Kier alpha value is -3.11. The SMILES string of the molecule is CCC(=O)N(Cc1ccc(Cl)cc1Cl)[C@@H]1C=C(C(=O)NCCO)[C@@H]2c3cc(C=O)cc(OC)c3O[C@@H]2[C@H]1O. The Bertz CT molecular complexity index is 1280. The molecule has 3 N–H and O–H groups in total. The fraction of sp³-hybridized carbons (Fsp3) is 0.370. The summed E-state index contributed by atoms with van der Waals surface area (Å²) in [6.45, 7) is 1.48. The third-order valence-corrected chi connectivity index (χ3v) is 7.34. The molecule has 0 aromatic heterocycles. The molecule has 11 heteroatoms. The quantitative estimate of drug-likeness (QED) is 0.401. The second kappa shape index (κ2) is 11.7. The number of carbonyl (C=O) groups is 3. The van der Waals surface area contributed by atoms with Gasteiger partial charge in [0.05, 0.1) is 25.7 Å². The number of methoxy groups -OCH3 is 1. The van der Waals surface area contributed by atoms with Gasteiger partial charge in [-0.3, -0.25) is 14.4 Å². The van der Waals surface area contributed by atoms with Crippen molar-refractivity contribution in [1.29, 1.82) is 0 Å². The zero-order valence-corrected chi connectivity index (χ0v) is 22.3. The van der Waals surface area contributed by atoms with E-state index in [9.17, 15) is 24.6 Å². The Morgan fingerprint density at radius 2 is 2.00 bits per heavy atom. The van der Waals surface area contributed by atoms with Gasteiger partial charge in [-0.05, 0) is 35.9 Å². The molecule has 4 rings (SSSR count). The summed E-state index contributed by atoms with van der Waals surface area (Å²) in [6.07, 6.45) is 0.144. The molecule has 2 aromatic rings. The van der Waals surface area contributed by atoms with E-state index in [1.165, 1.54) is 18.1 Å². The minimum atomic E-state index is -1.24. The molecule has 9 nitrogen and oxygen atoms in total. The smallest absolute Gasteiger partial charge is 0.247 e. The van der Waals surface area contributed by atoms with Crippen LogP contribution in [-0.2, 0) is 16.1 Å². The summed E-state index contributed by atoms with van der Waals surface area (Å²) in [4.78, 5) is 39.5. The van der Waals surface area contributed by atoms with Crippen LogP contribution in [0.3, 0.4) is 0 Å². The van der Waals surface area contributed by atoms with Crippen molar-refractivity contribution < 1.29 is 34.1 Å². The molecule has 0 radical (unpaired) electrons. The number of benzene rings is 2. The highest BCUT2D eigenvalue weighted by atomic mass is 35.5. The number of halogens is 2. The Morgan fingerprint density at radius 1 is 1.24 bits per heavy atom. The number of nitrogens with one attached hydrogen (secondary N) is 1. The normalized spacial score (nSPS) is 21.5. The average Bonchev–Trinajstić information content (AvgIpc) is 3.31. The predicted molar refractivity (Wildman–Crippen MR) is 141 cm³/mol. The third kappa shape index (κ3) is 5.24. The highest BCUT2D eigenvalue weighted by Gasteiger charge is 2.51. The van der Waals surface area contributed by atoms with Gasteiger partial charge in [0.15, 0.2) is 11.5 Å². The molecule has 0 saturated carbocycles. The van der Waals surface area contributed by atoms with Crippen LogP contribution in [0.25, 0.3) is 0 Å². The Morgan fingerprint density at radius 3 is 2.63 bits per heavy atom. The fourth-order valence-electron chi connectivity index (χ4n) is 4.95. The molecule has 4 atom stereocenters. The number of fused-ring (bicyclic) bond motifs is 3. The molecule has 1 aliphatic carbocycles. The van der Waals surface area contributed by atoms with Gasteiger partial charge in [-0.1, -0.05) is 36.2 Å². The maximum atomic E-state index is 13.3. The number of aldehydes is 1. The summed E-state index contributed by atoms with van der Waals surface area (Å²) >= 11 is 12.4. The zero-order chi connectivity index (χ0) is 27.6. The van der Waals surface area contributed by atoms with Crippen LogP contribution in [0, 0.1) is 0 Å². The first-order valence-electron chi connectivity index (χ1n) is 12.1. The van der Waals surface area contributed by atoms with Gasteiger partial charge in [0.1, 0.15) is 18.5 Å². The number of aliphatic hydroxyl groups excluding tert-OH is 2. The van der Waals surface area contributed by atoms with Crippen LogP contribution >= 0.6 is 23.2 Å². The highest BCUT2D eigenvalue weighted by molar-refractivity contribution is 6.35. The second-order valence-electron chi connectivity index (χ2n) is 9.01. The molecule has 2 aromatic carbocycles. The first-order valence-corrected chi connectivity index (χ1v) is 12.9. The van der Waals surface area contributed by atoms with Gasteiger partial charge in [0, 0.05) is 46.3 Å². The Kier molecular flexibility index (Phi) is 8.62. The zero-order valence-electron chi connectivity index (χ0n) is 20.8. The number of aliphatic hydroxyl groups is 2. The lowest BCUT2D eigenvalue weighted by Gasteiger charge is -2.40. The minimum Gasteiger partial charge on any atom is -0.493 e. The lowest BCUT2D eigenvalue weighted by atomic mass is 9.77. The van der Waals surface area contributed by atoms with Crippen molar-refractivity contribution in [3.05, 3.63) is 68.7 Å². The van der Waals surface area contributed by atoms with E-state index in [1.807, 2.05) is 0 Å². The van der Waals surface area contributed by atoms with Gasteiger partial charge in [-0.2, -0.15) is 0 Å². The predicted octanol–water partition coefficient (Wildman–Crippen LogP) is 2.88. The van der Waals surface area contributed by atoms with E-state index in [0.29, 0.717) is 38.8 Å². The number of amides is 2. The molecule has 0 unspecified atom stereocenters. The molecule has 0 spiro atoms. The first kappa shape index (κ1) is 27.9. The summed E-state index contributed by atoms with van der Waals surface area (Å²) in [5, 5.41) is 24.3. The molecule has 0 saturated heterocycles. The number of nitrogens with zero attached hydrogens (tertiary/aromatic N) is 1. The molecular weight excluding hydrogens is 535 g/mol. The number of carbonyl (C=O) groups excluding carboxylic acids is 3. The largest absolute Gasteiger partial charge is 0.493 e. The van der Waals surface area contributed by atoms with Crippen molar-refractivity contribution in [2.24, 2.45) is 0 Å². The van der Waals surface area contributed by atoms with Crippen LogP contribution in [0.2, 0.25) is 10.0 Å². The maximum absolute atomic E-state index is 13.3. The van der Waals surface area contributed by atoms with Crippen LogP contribution in [0.1, 0.15) is 40.7 Å². The molecular formula is C27H28Cl2N2O7. The standard InChI is InChI=1S/C27H28Cl2N2O7/c1-3-22(34)31(12-15-4-5-16(28)10-19(15)29)20-11-18(27(36)30-6-7-32)23-17-8-14(13-33)9-21(37-2)25(17)38-26(23)24(20)35/h4-5,8-11,13,20,23-24,26,32,35H,3,6-7,12H2,1-2H3,(H,30,36)/t20-,23+,24+,26+/m1/s1. The number of ether oxygens (including phenoxy) is 2. The van der Waals surface area contributed by atoms with Gasteiger partial charge >= 0.3 is 0 Å². The van der Waals surface area contributed by atoms with Gasteiger partial charge in [-0.15, -0.1) is 0 Å². The van der Waals surface area contributed by atoms with Crippen molar-refractivity contribution in [3.63, 3.8) is 0 Å². The Balaban J connectivity index is 1.82. The van der Waals surface area contributed by atoms with E-state index in [-0.39, 0.29) is 43.3 Å². The second-order valence-corrected chi connectivity index (χ2v) is 9.86. The van der Waals surface area contributed by atoms with Crippen LogP contribution in [-0.4, -0.2) is 71.7 Å². The first-order chi connectivity index (χ1) is 18.2. The minimum absolute atomic E-state index is 0.00415. The van der Waals surface area contributed by atoms with E-state index in [1.54, 1.807) is 37.3 Å². The van der Waals surface area contributed by atoms with E-state index in [0.717, 1.165) is 0 Å². The van der Waals surface area contributed by atoms with Crippen LogP contribution < -0.4 is 14.8 Å². The van der Waals surface area contributed by atoms with Gasteiger partial charge in [-0.25, -0.2) is 0 Å². The third-order valence-electron chi connectivity index (χ3n) is 6.75. The van der Waals surface area contributed by atoms with Gasteiger partial charge in [0.25, 0.3) is 0 Å². The lowest BCUT2D eigenvalue weighted by Crippen LogP contribution is -2.55. The van der Waals surface area contributed by atoms with Gasteiger partial charge in [0.2, 0.25) is 11.8 Å². The molecule has 0 bridgehead atoms. The van der Waals surface area contributed by atoms with Crippen molar-refractivity contribution in [2.45, 2.75) is 44.1 Å². The number of hydrogen-bond acceptors (Lipinski definition) is 7. The molecule has 2 aliphatic rings. The summed E-state index contributed by atoms with van der Waals surface area (Å²) in [5.74, 6) is -0.927. The van der Waals surface area contributed by atoms with Crippen molar-refractivity contribution in [2.75, 3.05) is 20.3 Å². The Labute approximate surface area is 229 Å². The highest BCUT2D eigenvalue weighted by Crippen LogP contribution is 2.51. The fourth-order valence-corrected chi connectivity index (χ4v) is 5.42. The van der Waals surface area contributed by atoms with Crippen LogP contribution in [0.5, 0.6) is 11.5 Å². The van der Waals surface area contributed by atoms with Crippen LogP contribution in [0.4, 0.5) is 0 Å². The average molecular weight is 563 g/mol. The van der Waals surface area contributed by atoms with Gasteiger partial charge < -0.3 is 29.9 Å². The molecule has 38 heavy (non-hydrogen) atoms. The molecule has 2 amide bonds. The molecule has 1 aliphatic heterocycles. The summed E-state index contributed by atoms with van der Waals surface area (Å²) in [5.41, 5.74) is 1.67. The summed E-state index contributed by atoms with van der Waals surface area (Å²) in [7, 11) is 1.43. The molecule has 202 valence electrons. The van der Waals surface area contributed by atoms with Crippen molar-refractivity contribution in [1.82, 2.24) is 10.2 Å². The van der Waals surface area contributed by atoms with Crippen molar-refractivity contribution >= 4 is 41.3 Å². The van der Waals surface area contributed by atoms with E-state index in [2.05, 4.69) is 5.32 Å². The van der Waals surface area contributed by atoms with Crippen molar-refractivity contribution in [3.8, 4) is 11.5 Å². The summed E-state index contributed by atoms with van der Waals surface area (Å²) < 4.78 is 11.6.